The average Bonchev–Trinajstić information content (AvgIpc) is 2.48. The van der Waals surface area contributed by atoms with Gasteiger partial charge in [-0.05, 0) is 43.7 Å². The maximum absolute atomic E-state index is 12.3. The molecule has 0 fully saturated rings. The highest BCUT2D eigenvalue weighted by atomic mass is 16.2. The van der Waals surface area contributed by atoms with Crippen molar-refractivity contribution in [2.75, 3.05) is 11.9 Å². The molecule has 21 heavy (non-hydrogen) atoms. The molecular weight excluding hydrogens is 262 g/mol. The number of anilines is 1. The third-order valence-electron chi connectivity index (χ3n) is 3.07. The van der Waals surface area contributed by atoms with Crippen molar-refractivity contribution >= 4 is 11.6 Å². The quantitative estimate of drug-likeness (QED) is 0.830. The Kier molecular flexibility index (Phi) is 4.76. The molecule has 0 saturated heterocycles. The van der Waals surface area contributed by atoms with E-state index in [-0.39, 0.29) is 12.5 Å². The number of aryl methyl sites for hydroxylation is 2. The zero-order valence-electron chi connectivity index (χ0n) is 12.1. The first-order chi connectivity index (χ1) is 10.1. The fourth-order valence-corrected chi connectivity index (χ4v) is 2.03. The van der Waals surface area contributed by atoms with Gasteiger partial charge in [-0.25, -0.2) is 0 Å². The van der Waals surface area contributed by atoms with Gasteiger partial charge in [0.05, 0.1) is 0 Å². The molecule has 2 aromatic carbocycles. The second-order valence-electron chi connectivity index (χ2n) is 4.81. The Balaban J connectivity index is 2.20. The molecule has 0 aliphatic carbocycles. The van der Waals surface area contributed by atoms with Crippen molar-refractivity contribution < 1.29 is 9.90 Å². The number of amides is 1. The van der Waals surface area contributed by atoms with Crippen LogP contribution in [-0.2, 0) is 0 Å². The van der Waals surface area contributed by atoms with E-state index in [4.69, 9.17) is 5.11 Å². The topological polar surface area (TPSA) is 49.3 Å². The Morgan fingerprint density at radius 3 is 2.71 bits per heavy atom. The Hall–Kier alpha value is -2.57. The Morgan fingerprint density at radius 1 is 1.19 bits per heavy atom. The smallest absolute Gasteiger partial charge is 0.255 e. The van der Waals surface area contributed by atoms with Crippen LogP contribution in [0.2, 0.25) is 0 Å². The lowest BCUT2D eigenvalue weighted by Gasteiger charge is -2.09. The second kappa shape index (κ2) is 6.74. The first-order valence-corrected chi connectivity index (χ1v) is 6.68. The third-order valence-corrected chi connectivity index (χ3v) is 3.07. The van der Waals surface area contributed by atoms with Gasteiger partial charge in [-0.1, -0.05) is 35.6 Å². The Labute approximate surface area is 124 Å². The number of carbonyl (C=O) groups is 1. The van der Waals surface area contributed by atoms with Crippen molar-refractivity contribution in [2.45, 2.75) is 13.8 Å². The van der Waals surface area contributed by atoms with Crippen LogP contribution in [0, 0.1) is 25.7 Å². The third kappa shape index (κ3) is 3.95. The Bertz CT molecular complexity index is 723. The van der Waals surface area contributed by atoms with E-state index in [9.17, 15) is 4.79 Å². The number of aliphatic hydroxyl groups is 1. The van der Waals surface area contributed by atoms with Crippen molar-refractivity contribution in [1.82, 2.24) is 0 Å². The summed E-state index contributed by atoms with van der Waals surface area (Å²) in [6.45, 7) is 3.78. The van der Waals surface area contributed by atoms with Gasteiger partial charge in [0.2, 0.25) is 0 Å². The minimum absolute atomic E-state index is 0.172. The standard InChI is InChI=1S/C18H17NO2/c1-13-8-9-17(14(2)11-13)19-18(21)16-7-3-5-15(12-16)6-4-10-20/h3,5,7-9,11-12,20H,10H2,1-2H3,(H,19,21). The van der Waals surface area contributed by atoms with Gasteiger partial charge in [0.1, 0.15) is 6.61 Å². The van der Waals surface area contributed by atoms with E-state index in [1.165, 1.54) is 0 Å². The molecule has 0 bridgehead atoms. The highest BCUT2D eigenvalue weighted by molar-refractivity contribution is 6.04. The Morgan fingerprint density at radius 2 is 2.00 bits per heavy atom. The SMILES string of the molecule is Cc1ccc(NC(=O)c2cccc(C#CCO)c2)c(C)c1. The maximum atomic E-state index is 12.3. The number of nitrogens with one attached hydrogen (secondary N) is 1. The number of benzene rings is 2. The molecule has 0 aliphatic heterocycles. The van der Waals surface area contributed by atoms with Crippen molar-refractivity contribution in [2.24, 2.45) is 0 Å². The van der Waals surface area contributed by atoms with Crippen molar-refractivity contribution in [1.29, 1.82) is 0 Å². The van der Waals surface area contributed by atoms with Gasteiger partial charge in [0.25, 0.3) is 5.91 Å². The molecule has 0 saturated carbocycles. The van der Waals surface area contributed by atoms with Gasteiger partial charge >= 0.3 is 0 Å². The predicted molar refractivity (Wildman–Crippen MR) is 84.3 cm³/mol. The van der Waals surface area contributed by atoms with E-state index in [2.05, 4.69) is 17.2 Å². The summed E-state index contributed by atoms with van der Waals surface area (Å²) in [5.41, 5.74) is 4.24. The van der Waals surface area contributed by atoms with Crippen LogP contribution in [0.25, 0.3) is 0 Å². The molecule has 2 N–H and O–H groups in total. The molecule has 1 amide bonds. The van der Waals surface area contributed by atoms with E-state index in [0.717, 1.165) is 16.8 Å². The average molecular weight is 279 g/mol. The predicted octanol–water partition coefficient (Wildman–Crippen LogP) is 2.90. The molecule has 2 rings (SSSR count). The normalized spacial score (nSPS) is 9.67. The minimum Gasteiger partial charge on any atom is -0.384 e. The largest absolute Gasteiger partial charge is 0.384 e. The first kappa shape index (κ1) is 14.8. The van der Waals surface area contributed by atoms with Crippen LogP contribution in [0.1, 0.15) is 27.0 Å². The second-order valence-corrected chi connectivity index (χ2v) is 4.81. The molecule has 3 nitrogen and oxygen atoms in total. The number of rotatable bonds is 2. The summed E-state index contributed by atoms with van der Waals surface area (Å²) >= 11 is 0. The summed E-state index contributed by atoms with van der Waals surface area (Å²) < 4.78 is 0. The summed E-state index contributed by atoms with van der Waals surface area (Å²) in [6, 6.07) is 12.9. The van der Waals surface area contributed by atoms with Gasteiger partial charge in [-0.2, -0.15) is 0 Å². The van der Waals surface area contributed by atoms with Crippen molar-refractivity contribution in [3.05, 3.63) is 64.7 Å². The number of hydrogen-bond donors (Lipinski definition) is 2. The van der Waals surface area contributed by atoms with Crippen LogP contribution in [0.3, 0.4) is 0 Å². The van der Waals surface area contributed by atoms with Gasteiger partial charge < -0.3 is 10.4 Å². The van der Waals surface area contributed by atoms with E-state index in [1.807, 2.05) is 32.0 Å². The van der Waals surface area contributed by atoms with E-state index < -0.39 is 0 Å². The van der Waals surface area contributed by atoms with Gasteiger partial charge in [-0.3, -0.25) is 4.79 Å². The summed E-state index contributed by atoms with van der Waals surface area (Å²) in [5, 5.41) is 11.6. The fourth-order valence-electron chi connectivity index (χ4n) is 2.03. The molecule has 2 aromatic rings. The molecule has 0 atom stereocenters. The lowest BCUT2D eigenvalue weighted by atomic mass is 10.1. The van der Waals surface area contributed by atoms with Gasteiger partial charge in [0.15, 0.2) is 0 Å². The molecule has 0 aliphatic rings. The lowest BCUT2D eigenvalue weighted by molar-refractivity contribution is 0.102. The fraction of sp³-hybridized carbons (Fsp3) is 0.167. The van der Waals surface area contributed by atoms with Crippen molar-refractivity contribution in [3.63, 3.8) is 0 Å². The number of hydrogen-bond acceptors (Lipinski definition) is 2. The van der Waals surface area contributed by atoms with Crippen LogP contribution in [-0.4, -0.2) is 17.6 Å². The summed E-state index contributed by atoms with van der Waals surface area (Å²) in [6.07, 6.45) is 0. The molecule has 0 heterocycles. The minimum atomic E-state index is -0.195. The molecule has 0 aromatic heterocycles. The zero-order valence-corrected chi connectivity index (χ0v) is 12.1. The van der Waals surface area contributed by atoms with E-state index in [0.29, 0.717) is 11.1 Å². The summed E-state index contributed by atoms with van der Waals surface area (Å²) in [7, 11) is 0. The molecule has 0 spiro atoms. The first-order valence-electron chi connectivity index (χ1n) is 6.68. The molecule has 0 unspecified atom stereocenters. The summed E-state index contributed by atoms with van der Waals surface area (Å²) in [4.78, 5) is 12.3. The molecule has 106 valence electrons. The van der Waals surface area contributed by atoms with Crippen LogP contribution in [0.4, 0.5) is 5.69 Å². The molecule has 3 heteroatoms. The van der Waals surface area contributed by atoms with E-state index in [1.54, 1.807) is 24.3 Å². The molecular formula is C18H17NO2. The summed E-state index contributed by atoms with van der Waals surface area (Å²) in [5.74, 6) is 5.19. The van der Waals surface area contributed by atoms with Crippen LogP contribution in [0.15, 0.2) is 42.5 Å². The maximum Gasteiger partial charge on any atom is 0.255 e. The van der Waals surface area contributed by atoms with Crippen molar-refractivity contribution in [3.8, 4) is 11.8 Å². The number of carbonyl (C=O) groups excluding carboxylic acids is 1. The van der Waals surface area contributed by atoms with Crippen LogP contribution >= 0.6 is 0 Å². The monoisotopic (exact) mass is 279 g/mol. The lowest BCUT2D eigenvalue weighted by Crippen LogP contribution is -2.12. The van der Waals surface area contributed by atoms with E-state index >= 15 is 0 Å². The molecule has 0 radical (unpaired) electrons. The van der Waals surface area contributed by atoms with Crippen LogP contribution < -0.4 is 5.32 Å². The van der Waals surface area contributed by atoms with Crippen LogP contribution in [0.5, 0.6) is 0 Å². The van der Waals surface area contributed by atoms with Gasteiger partial charge in [0, 0.05) is 16.8 Å². The highest BCUT2D eigenvalue weighted by Crippen LogP contribution is 2.17. The van der Waals surface area contributed by atoms with Gasteiger partial charge in [-0.15, -0.1) is 0 Å². The highest BCUT2D eigenvalue weighted by Gasteiger charge is 2.08. The zero-order chi connectivity index (χ0) is 15.2. The number of aliphatic hydroxyl groups excluding tert-OH is 1.